The number of ether oxygens (including phenoxy) is 1. The SMILES string of the molecule is CC(=O)CC(C)Oc1ccc(Cl)cc1Cc1ccccc1. The second-order valence-electron chi connectivity index (χ2n) is 5.25. The molecule has 3 heteroatoms. The molecule has 0 bridgehead atoms. The van der Waals surface area contributed by atoms with Crippen molar-refractivity contribution >= 4 is 17.4 Å². The van der Waals surface area contributed by atoms with Crippen molar-refractivity contribution < 1.29 is 9.53 Å². The quantitative estimate of drug-likeness (QED) is 0.774. The molecule has 0 saturated heterocycles. The van der Waals surface area contributed by atoms with Gasteiger partial charge in [-0.2, -0.15) is 0 Å². The fourth-order valence-electron chi connectivity index (χ4n) is 2.28. The van der Waals surface area contributed by atoms with Gasteiger partial charge < -0.3 is 4.74 Å². The van der Waals surface area contributed by atoms with Crippen molar-refractivity contribution in [2.45, 2.75) is 32.8 Å². The summed E-state index contributed by atoms with van der Waals surface area (Å²) in [5.74, 6) is 0.915. The molecule has 2 nitrogen and oxygen atoms in total. The first-order valence-electron chi connectivity index (χ1n) is 7.03. The topological polar surface area (TPSA) is 26.3 Å². The number of Topliss-reactive ketones (excluding diaryl/α,β-unsaturated/α-hetero) is 1. The fourth-order valence-corrected chi connectivity index (χ4v) is 2.47. The fraction of sp³-hybridized carbons (Fsp3) is 0.278. The van der Waals surface area contributed by atoms with Crippen molar-refractivity contribution in [3.05, 3.63) is 64.7 Å². The zero-order valence-electron chi connectivity index (χ0n) is 12.3. The van der Waals surface area contributed by atoms with E-state index >= 15 is 0 Å². The maximum Gasteiger partial charge on any atom is 0.133 e. The minimum atomic E-state index is -0.141. The average Bonchev–Trinajstić information content (AvgIpc) is 2.42. The third kappa shape index (κ3) is 4.91. The molecule has 0 radical (unpaired) electrons. The van der Waals surface area contributed by atoms with Gasteiger partial charge in [-0.15, -0.1) is 0 Å². The number of carbonyl (C=O) groups is 1. The Labute approximate surface area is 130 Å². The van der Waals surface area contributed by atoms with Crippen LogP contribution in [0.1, 0.15) is 31.4 Å². The average molecular weight is 303 g/mol. The van der Waals surface area contributed by atoms with Gasteiger partial charge in [0, 0.05) is 17.9 Å². The van der Waals surface area contributed by atoms with E-state index < -0.39 is 0 Å². The summed E-state index contributed by atoms with van der Waals surface area (Å²) in [5, 5.41) is 0.688. The molecular weight excluding hydrogens is 284 g/mol. The molecule has 0 amide bonds. The third-order valence-corrected chi connectivity index (χ3v) is 3.40. The van der Waals surface area contributed by atoms with Gasteiger partial charge in [-0.25, -0.2) is 0 Å². The van der Waals surface area contributed by atoms with Crippen molar-refractivity contribution in [1.82, 2.24) is 0 Å². The Balaban J connectivity index is 2.19. The highest BCUT2D eigenvalue weighted by Crippen LogP contribution is 2.26. The lowest BCUT2D eigenvalue weighted by Crippen LogP contribution is -2.16. The van der Waals surface area contributed by atoms with Crippen LogP contribution in [0.2, 0.25) is 5.02 Å². The minimum absolute atomic E-state index is 0.126. The van der Waals surface area contributed by atoms with Gasteiger partial charge in [-0.1, -0.05) is 41.9 Å². The third-order valence-electron chi connectivity index (χ3n) is 3.16. The number of halogens is 1. The van der Waals surface area contributed by atoms with E-state index in [0.717, 1.165) is 17.7 Å². The van der Waals surface area contributed by atoms with Gasteiger partial charge in [0.25, 0.3) is 0 Å². The Kier molecular flexibility index (Phi) is 5.40. The zero-order chi connectivity index (χ0) is 15.2. The van der Waals surface area contributed by atoms with Crippen LogP contribution in [0.25, 0.3) is 0 Å². The van der Waals surface area contributed by atoms with Crippen LogP contribution in [-0.4, -0.2) is 11.9 Å². The summed E-state index contributed by atoms with van der Waals surface area (Å²) < 4.78 is 5.90. The van der Waals surface area contributed by atoms with E-state index in [0.29, 0.717) is 11.4 Å². The molecule has 110 valence electrons. The highest BCUT2D eigenvalue weighted by molar-refractivity contribution is 6.30. The summed E-state index contributed by atoms with van der Waals surface area (Å²) in [4.78, 5) is 11.2. The maximum absolute atomic E-state index is 11.2. The molecule has 1 atom stereocenters. The van der Waals surface area contributed by atoms with Crippen LogP contribution >= 0.6 is 11.6 Å². The Hall–Kier alpha value is -1.80. The lowest BCUT2D eigenvalue weighted by molar-refractivity contribution is -0.118. The van der Waals surface area contributed by atoms with Crippen LogP contribution in [0.15, 0.2) is 48.5 Å². The highest BCUT2D eigenvalue weighted by atomic mass is 35.5. The molecule has 0 fully saturated rings. The van der Waals surface area contributed by atoms with E-state index in [4.69, 9.17) is 16.3 Å². The molecule has 0 aliphatic carbocycles. The Morgan fingerprint density at radius 1 is 1.19 bits per heavy atom. The molecule has 0 aromatic heterocycles. The minimum Gasteiger partial charge on any atom is -0.490 e. The van der Waals surface area contributed by atoms with Crippen LogP contribution in [0.5, 0.6) is 5.75 Å². The molecular formula is C18H19ClO2. The van der Waals surface area contributed by atoms with Crippen molar-refractivity contribution in [3.63, 3.8) is 0 Å². The molecule has 21 heavy (non-hydrogen) atoms. The molecule has 0 aliphatic heterocycles. The van der Waals surface area contributed by atoms with Crippen LogP contribution in [-0.2, 0) is 11.2 Å². The standard InChI is InChI=1S/C18H19ClO2/c1-13(20)10-14(2)21-18-9-8-17(19)12-16(18)11-15-6-4-3-5-7-15/h3-9,12,14H,10-11H2,1-2H3. The smallest absolute Gasteiger partial charge is 0.133 e. The molecule has 2 rings (SSSR count). The van der Waals surface area contributed by atoms with Crippen molar-refractivity contribution in [3.8, 4) is 5.75 Å². The molecule has 0 saturated carbocycles. The number of hydrogen-bond donors (Lipinski definition) is 0. The highest BCUT2D eigenvalue weighted by Gasteiger charge is 2.11. The number of benzene rings is 2. The second kappa shape index (κ2) is 7.28. The molecule has 0 aliphatic rings. The van der Waals surface area contributed by atoms with Crippen LogP contribution in [0, 0.1) is 0 Å². The summed E-state index contributed by atoms with van der Waals surface area (Å²) in [5.41, 5.74) is 2.23. The summed E-state index contributed by atoms with van der Waals surface area (Å²) in [7, 11) is 0. The molecule has 0 spiro atoms. The number of ketones is 1. The Morgan fingerprint density at radius 3 is 2.57 bits per heavy atom. The molecule has 0 N–H and O–H groups in total. The van der Waals surface area contributed by atoms with E-state index in [2.05, 4.69) is 12.1 Å². The number of carbonyl (C=O) groups excluding carboxylic acids is 1. The summed E-state index contributed by atoms with van der Waals surface area (Å²) in [6, 6.07) is 15.8. The summed E-state index contributed by atoms with van der Waals surface area (Å²) >= 11 is 6.09. The largest absolute Gasteiger partial charge is 0.490 e. The van der Waals surface area contributed by atoms with Gasteiger partial charge >= 0.3 is 0 Å². The first kappa shape index (κ1) is 15.6. The summed E-state index contributed by atoms with van der Waals surface area (Å²) in [6.07, 6.45) is 1.02. The molecule has 0 heterocycles. The van der Waals surface area contributed by atoms with Crippen LogP contribution < -0.4 is 4.74 Å². The van der Waals surface area contributed by atoms with Gasteiger partial charge in [0.15, 0.2) is 0 Å². The number of rotatable bonds is 6. The van der Waals surface area contributed by atoms with Gasteiger partial charge in [0.1, 0.15) is 17.6 Å². The van der Waals surface area contributed by atoms with Crippen LogP contribution in [0.4, 0.5) is 0 Å². The van der Waals surface area contributed by atoms with Crippen molar-refractivity contribution in [2.24, 2.45) is 0 Å². The van der Waals surface area contributed by atoms with Crippen molar-refractivity contribution in [1.29, 1.82) is 0 Å². The van der Waals surface area contributed by atoms with Gasteiger partial charge in [0.05, 0.1) is 0 Å². The van der Waals surface area contributed by atoms with Gasteiger partial charge in [0.2, 0.25) is 0 Å². The van der Waals surface area contributed by atoms with E-state index in [1.54, 1.807) is 6.92 Å². The molecule has 2 aromatic rings. The first-order valence-corrected chi connectivity index (χ1v) is 7.41. The Morgan fingerprint density at radius 2 is 1.90 bits per heavy atom. The monoisotopic (exact) mass is 302 g/mol. The van der Waals surface area contributed by atoms with Crippen molar-refractivity contribution in [2.75, 3.05) is 0 Å². The predicted molar refractivity (Wildman–Crippen MR) is 86.1 cm³/mol. The van der Waals surface area contributed by atoms with Gasteiger partial charge in [-0.3, -0.25) is 4.79 Å². The first-order chi connectivity index (χ1) is 10.0. The molecule has 1 unspecified atom stereocenters. The number of hydrogen-bond acceptors (Lipinski definition) is 2. The van der Waals surface area contributed by atoms with E-state index in [1.807, 2.05) is 43.3 Å². The van der Waals surface area contributed by atoms with E-state index in [1.165, 1.54) is 5.56 Å². The second-order valence-corrected chi connectivity index (χ2v) is 5.69. The Bertz CT molecular complexity index is 608. The zero-order valence-corrected chi connectivity index (χ0v) is 13.1. The summed E-state index contributed by atoms with van der Waals surface area (Å²) in [6.45, 7) is 3.48. The predicted octanol–water partition coefficient (Wildman–Crippen LogP) is 4.68. The lowest BCUT2D eigenvalue weighted by atomic mass is 10.0. The van der Waals surface area contributed by atoms with E-state index in [9.17, 15) is 4.79 Å². The van der Waals surface area contributed by atoms with Gasteiger partial charge in [-0.05, 0) is 43.2 Å². The lowest BCUT2D eigenvalue weighted by Gasteiger charge is -2.17. The van der Waals surface area contributed by atoms with Crippen LogP contribution in [0.3, 0.4) is 0 Å². The maximum atomic E-state index is 11.2. The van der Waals surface area contributed by atoms with E-state index in [-0.39, 0.29) is 11.9 Å². The molecule has 2 aromatic carbocycles. The normalized spacial score (nSPS) is 12.0.